The van der Waals surface area contributed by atoms with E-state index in [4.69, 9.17) is 25.3 Å². The topological polar surface area (TPSA) is 48.4 Å². The van der Waals surface area contributed by atoms with Crippen LogP contribution in [-0.4, -0.2) is 5.16 Å². The van der Waals surface area contributed by atoms with Crippen LogP contribution in [0.4, 0.5) is 0 Å². The first-order chi connectivity index (χ1) is 9.31. The van der Waals surface area contributed by atoms with Crippen LogP contribution in [0.2, 0.25) is 5.02 Å². The molecule has 96 valence electrons. The van der Waals surface area contributed by atoms with E-state index in [0.717, 1.165) is 5.75 Å². The Kier molecular flexibility index (Phi) is 3.25. The van der Waals surface area contributed by atoms with E-state index in [1.54, 1.807) is 42.7 Å². The largest absolute Gasteiger partial charge is 0.487 e. The summed E-state index contributed by atoms with van der Waals surface area (Å²) in [5.74, 6) is 1.96. The molecule has 19 heavy (non-hydrogen) atoms. The predicted octanol–water partition coefficient (Wildman–Crippen LogP) is 4.17. The molecular formula is C14H10ClNO3. The van der Waals surface area contributed by atoms with Gasteiger partial charge in [0.2, 0.25) is 5.76 Å². The summed E-state index contributed by atoms with van der Waals surface area (Å²) in [6.45, 7) is 0.325. The minimum absolute atomic E-state index is 0.325. The van der Waals surface area contributed by atoms with E-state index < -0.39 is 0 Å². The van der Waals surface area contributed by atoms with Gasteiger partial charge in [0, 0.05) is 11.1 Å². The van der Waals surface area contributed by atoms with Crippen molar-refractivity contribution < 1.29 is 13.7 Å². The van der Waals surface area contributed by atoms with Gasteiger partial charge in [-0.1, -0.05) is 16.8 Å². The van der Waals surface area contributed by atoms with Crippen LogP contribution in [0.3, 0.4) is 0 Å². The van der Waals surface area contributed by atoms with Crippen molar-refractivity contribution in [3.05, 3.63) is 59.4 Å². The highest BCUT2D eigenvalue weighted by Gasteiger charge is 2.09. The van der Waals surface area contributed by atoms with Gasteiger partial charge in [-0.15, -0.1) is 0 Å². The van der Waals surface area contributed by atoms with Crippen molar-refractivity contribution in [2.75, 3.05) is 0 Å². The van der Waals surface area contributed by atoms with Gasteiger partial charge in [-0.2, -0.15) is 0 Å². The Hall–Kier alpha value is -2.20. The molecule has 0 amide bonds. The fraction of sp³-hybridized carbons (Fsp3) is 0.0714. The van der Waals surface area contributed by atoms with E-state index in [0.29, 0.717) is 28.8 Å². The second-order valence-electron chi connectivity index (χ2n) is 3.90. The smallest absolute Gasteiger partial charge is 0.202 e. The van der Waals surface area contributed by atoms with E-state index in [-0.39, 0.29) is 0 Å². The second kappa shape index (κ2) is 5.20. The standard InChI is InChI=1S/C14H10ClNO3/c15-10-3-5-12(6-4-10)18-9-11-8-14(19-16-11)13-2-1-7-17-13/h1-8H,9H2. The number of aromatic nitrogens is 1. The number of hydrogen-bond donors (Lipinski definition) is 0. The zero-order valence-corrected chi connectivity index (χ0v) is 10.6. The highest BCUT2D eigenvalue weighted by Crippen LogP contribution is 2.22. The molecule has 0 fully saturated rings. The van der Waals surface area contributed by atoms with Crippen LogP contribution >= 0.6 is 11.6 Å². The maximum atomic E-state index is 5.80. The fourth-order valence-corrected chi connectivity index (χ4v) is 1.73. The minimum atomic E-state index is 0.325. The second-order valence-corrected chi connectivity index (χ2v) is 4.34. The summed E-state index contributed by atoms with van der Waals surface area (Å²) in [4.78, 5) is 0. The fourth-order valence-electron chi connectivity index (χ4n) is 1.60. The molecule has 4 nitrogen and oxygen atoms in total. The lowest BCUT2D eigenvalue weighted by atomic mass is 10.3. The number of furan rings is 1. The van der Waals surface area contributed by atoms with Crippen molar-refractivity contribution in [3.63, 3.8) is 0 Å². The third-order valence-electron chi connectivity index (χ3n) is 2.52. The molecule has 1 aromatic carbocycles. The molecule has 0 spiro atoms. The average molecular weight is 276 g/mol. The van der Waals surface area contributed by atoms with Gasteiger partial charge in [0.1, 0.15) is 18.1 Å². The number of benzene rings is 1. The summed E-state index contributed by atoms with van der Waals surface area (Å²) in [7, 11) is 0. The van der Waals surface area contributed by atoms with Crippen LogP contribution in [0, 0.1) is 0 Å². The Morgan fingerprint density at radius 3 is 2.68 bits per heavy atom. The van der Waals surface area contributed by atoms with E-state index in [1.165, 1.54) is 0 Å². The number of rotatable bonds is 4. The van der Waals surface area contributed by atoms with Gasteiger partial charge >= 0.3 is 0 Å². The van der Waals surface area contributed by atoms with Gasteiger partial charge < -0.3 is 13.7 Å². The molecule has 0 aliphatic carbocycles. The molecule has 5 heteroatoms. The van der Waals surface area contributed by atoms with Crippen LogP contribution < -0.4 is 4.74 Å². The van der Waals surface area contributed by atoms with Gasteiger partial charge in [-0.25, -0.2) is 0 Å². The number of halogens is 1. The minimum Gasteiger partial charge on any atom is -0.487 e. The zero-order valence-electron chi connectivity index (χ0n) is 9.88. The maximum absolute atomic E-state index is 5.80. The quantitative estimate of drug-likeness (QED) is 0.717. The van der Waals surface area contributed by atoms with Gasteiger partial charge in [0.25, 0.3) is 0 Å². The van der Waals surface area contributed by atoms with Crippen molar-refractivity contribution in [1.29, 1.82) is 0 Å². The van der Waals surface area contributed by atoms with E-state index in [9.17, 15) is 0 Å². The Morgan fingerprint density at radius 2 is 1.95 bits per heavy atom. The lowest BCUT2D eigenvalue weighted by molar-refractivity contribution is 0.289. The van der Waals surface area contributed by atoms with Gasteiger partial charge in [0.05, 0.1) is 6.26 Å². The zero-order chi connectivity index (χ0) is 13.1. The molecule has 0 N–H and O–H groups in total. The summed E-state index contributed by atoms with van der Waals surface area (Å²) in [6.07, 6.45) is 1.59. The van der Waals surface area contributed by atoms with Crippen LogP contribution in [0.15, 0.2) is 57.7 Å². The average Bonchev–Trinajstić information content (AvgIpc) is 3.09. The van der Waals surface area contributed by atoms with Crippen LogP contribution in [0.5, 0.6) is 5.75 Å². The molecule has 0 aliphatic heterocycles. The van der Waals surface area contributed by atoms with Crippen molar-refractivity contribution in [2.45, 2.75) is 6.61 Å². The highest BCUT2D eigenvalue weighted by molar-refractivity contribution is 6.30. The van der Waals surface area contributed by atoms with E-state index in [2.05, 4.69) is 5.16 Å². The first-order valence-corrected chi connectivity index (χ1v) is 6.07. The molecule has 0 saturated heterocycles. The first-order valence-electron chi connectivity index (χ1n) is 5.69. The van der Waals surface area contributed by atoms with E-state index in [1.807, 2.05) is 6.07 Å². The van der Waals surface area contributed by atoms with Crippen molar-refractivity contribution in [1.82, 2.24) is 5.16 Å². The van der Waals surface area contributed by atoms with Gasteiger partial charge in [-0.3, -0.25) is 0 Å². The van der Waals surface area contributed by atoms with Crippen LogP contribution in [-0.2, 0) is 6.61 Å². The summed E-state index contributed by atoms with van der Waals surface area (Å²) < 4.78 is 16.0. The summed E-state index contributed by atoms with van der Waals surface area (Å²) in [6, 6.07) is 12.5. The lowest BCUT2D eigenvalue weighted by Gasteiger charge is -2.02. The maximum Gasteiger partial charge on any atom is 0.202 e. The molecule has 2 heterocycles. The lowest BCUT2D eigenvalue weighted by Crippen LogP contribution is -1.94. The molecule has 0 aliphatic rings. The van der Waals surface area contributed by atoms with Gasteiger partial charge in [0.15, 0.2) is 5.76 Å². The Bertz CT molecular complexity index is 644. The molecule has 2 aromatic heterocycles. The molecular weight excluding hydrogens is 266 g/mol. The molecule has 0 radical (unpaired) electrons. The normalized spacial score (nSPS) is 10.6. The highest BCUT2D eigenvalue weighted by atomic mass is 35.5. The van der Waals surface area contributed by atoms with Crippen LogP contribution in [0.1, 0.15) is 5.69 Å². The predicted molar refractivity (Wildman–Crippen MR) is 70.0 cm³/mol. The van der Waals surface area contributed by atoms with Crippen molar-refractivity contribution in [2.24, 2.45) is 0 Å². The summed E-state index contributed by atoms with van der Waals surface area (Å²) >= 11 is 5.80. The third kappa shape index (κ3) is 2.80. The summed E-state index contributed by atoms with van der Waals surface area (Å²) in [5, 5.41) is 4.59. The number of nitrogens with zero attached hydrogens (tertiary/aromatic N) is 1. The molecule has 3 rings (SSSR count). The third-order valence-corrected chi connectivity index (χ3v) is 2.78. The van der Waals surface area contributed by atoms with Crippen molar-refractivity contribution in [3.8, 4) is 17.3 Å². The molecule has 0 atom stereocenters. The Labute approximate surface area is 114 Å². The first kappa shape index (κ1) is 11.9. The SMILES string of the molecule is Clc1ccc(OCc2cc(-c3ccco3)on2)cc1. The van der Waals surface area contributed by atoms with E-state index >= 15 is 0 Å². The Morgan fingerprint density at radius 1 is 1.11 bits per heavy atom. The van der Waals surface area contributed by atoms with Gasteiger partial charge in [-0.05, 0) is 36.4 Å². The number of hydrogen-bond acceptors (Lipinski definition) is 4. The monoisotopic (exact) mass is 275 g/mol. The number of ether oxygens (including phenoxy) is 1. The molecule has 0 bridgehead atoms. The van der Waals surface area contributed by atoms with Crippen molar-refractivity contribution >= 4 is 11.6 Å². The molecule has 0 saturated carbocycles. The summed E-state index contributed by atoms with van der Waals surface area (Å²) in [5.41, 5.74) is 0.696. The molecule has 0 unspecified atom stereocenters. The van der Waals surface area contributed by atoms with Crippen LogP contribution in [0.25, 0.3) is 11.5 Å². The molecule has 3 aromatic rings. The Balaban J connectivity index is 1.66.